The molecule has 26 heavy (non-hydrogen) atoms. The maximum Gasteiger partial charge on any atom is 0.342 e. The van der Waals surface area contributed by atoms with E-state index in [2.05, 4.69) is 5.32 Å². The number of para-hydroxylation sites is 1. The highest BCUT2D eigenvalue weighted by molar-refractivity contribution is 7.16. The van der Waals surface area contributed by atoms with Crippen LogP contribution in [0.25, 0.3) is 0 Å². The van der Waals surface area contributed by atoms with Gasteiger partial charge in [-0.05, 0) is 38.0 Å². The number of carbonyl (C=O) groups excluding carboxylic acids is 3. The van der Waals surface area contributed by atoms with Gasteiger partial charge in [-0.2, -0.15) is 0 Å². The van der Waals surface area contributed by atoms with E-state index in [9.17, 15) is 19.5 Å². The number of phenolic OH excluding ortho intramolecular Hbond substituents is 1. The topological polar surface area (TPSA) is 102 Å². The first kappa shape index (κ1) is 19.5. The molecule has 8 heteroatoms. The zero-order chi connectivity index (χ0) is 19.4. The minimum absolute atomic E-state index is 0.0177. The van der Waals surface area contributed by atoms with Gasteiger partial charge in [0.2, 0.25) is 0 Å². The summed E-state index contributed by atoms with van der Waals surface area (Å²) in [6.07, 6.45) is 0. The fourth-order valence-corrected chi connectivity index (χ4v) is 3.32. The summed E-state index contributed by atoms with van der Waals surface area (Å²) in [5, 5.41) is 12.8. The highest BCUT2D eigenvalue weighted by Gasteiger charge is 2.22. The zero-order valence-corrected chi connectivity index (χ0v) is 15.7. The molecule has 0 aliphatic rings. The third kappa shape index (κ3) is 4.02. The van der Waals surface area contributed by atoms with Gasteiger partial charge in [-0.1, -0.05) is 12.1 Å². The van der Waals surface area contributed by atoms with E-state index in [0.29, 0.717) is 10.6 Å². The van der Waals surface area contributed by atoms with Gasteiger partial charge in [0.15, 0.2) is 6.61 Å². The molecule has 0 aliphatic carbocycles. The van der Waals surface area contributed by atoms with E-state index in [1.54, 1.807) is 26.0 Å². The maximum atomic E-state index is 12.1. The van der Waals surface area contributed by atoms with Crippen molar-refractivity contribution in [3.8, 4) is 5.75 Å². The maximum absolute atomic E-state index is 12.1. The van der Waals surface area contributed by atoms with Gasteiger partial charge < -0.3 is 19.9 Å². The van der Waals surface area contributed by atoms with Gasteiger partial charge in [0.25, 0.3) is 5.91 Å². The molecular weight excluding hydrogens is 358 g/mol. The van der Waals surface area contributed by atoms with Crippen molar-refractivity contribution in [2.24, 2.45) is 0 Å². The van der Waals surface area contributed by atoms with Gasteiger partial charge in [0.05, 0.1) is 12.7 Å². The number of aryl methyl sites for hydroxylation is 2. The van der Waals surface area contributed by atoms with Crippen LogP contribution in [0.4, 0.5) is 5.00 Å². The molecule has 2 aromatic rings. The lowest BCUT2D eigenvalue weighted by atomic mass is 10.1. The molecule has 138 valence electrons. The molecule has 0 atom stereocenters. The summed E-state index contributed by atoms with van der Waals surface area (Å²) in [5.41, 5.74) is 1.51. The van der Waals surface area contributed by atoms with Crippen molar-refractivity contribution >= 4 is 34.2 Å². The van der Waals surface area contributed by atoms with Crippen molar-refractivity contribution in [2.75, 3.05) is 19.0 Å². The number of hydrogen-bond acceptors (Lipinski definition) is 7. The molecule has 0 aliphatic heterocycles. The van der Waals surface area contributed by atoms with Crippen LogP contribution in [0.3, 0.4) is 0 Å². The van der Waals surface area contributed by atoms with Crippen LogP contribution in [0.1, 0.15) is 36.7 Å². The number of esters is 2. The molecule has 0 radical (unpaired) electrons. The van der Waals surface area contributed by atoms with Gasteiger partial charge in [-0.25, -0.2) is 9.59 Å². The molecule has 1 aromatic carbocycles. The van der Waals surface area contributed by atoms with Gasteiger partial charge in [0.1, 0.15) is 16.3 Å². The summed E-state index contributed by atoms with van der Waals surface area (Å²) < 4.78 is 9.68. The lowest BCUT2D eigenvalue weighted by molar-refractivity contribution is -0.119. The standard InChI is InChI=1S/C18H19NO6S/c1-9-6-5-7-12(15(9)21)17(22)25-8-13(20)19-16-14(18(23)24-4)10(2)11(3)26-16/h5-7,21H,8H2,1-4H3,(H,19,20). The average Bonchev–Trinajstić information content (AvgIpc) is 2.88. The average molecular weight is 377 g/mol. The highest BCUT2D eigenvalue weighted by Crippen LogP contribution is 2.32. The number of carbonyl (C=O) groups is 3. The number of thiophene rings is 1. The molecule has 0 bridgehead atoms. The molecule has 2 rings (SSSR count). The van der Waals surface area contributed by atoms with Crippen LogP contribution in [-0.4, -0.2) is 36.7 Å². The largest absolute Gasteiger partial charge is 0.507 e. The molecule has 7 nitrogen and oxygen atoms in total. The number of phenols is 1. The van der Waals surface area contributed by atoms with Crippen LogP contribution >= 0.6 is 11.3 Å². The molecule has 0 fully saturated rings. The Balaban J connectivity index is 2.06. The van der Waals surface area contributed by atoms with Gasteiger partial charge >= 0.3 is 11.9 Å². The Morgan fingerprint density at radius 3 is 2.50 bits per heavy atom. The van der Waals surface area contributed by atoms with Gasteiger partial charge in [-0.15, -0.1) is 11.3 Å². The van der Waals surface area contributed by atoms with E-state index in [0.717, 1.165) is 10.4 Å². The van der Waals surface area contributed by atoms with E-state index in [-0.39, 0.29) is 16.9 Å². The summed E-state index contributed by atoms with van der Waals surface area (Å²) >= 11 is 1.23. The van der Waals surface area contributed by atoms with E-state index in [1.165, 1.54) is 24.5 Å². The van der Waals surface area contributed by atoms with Crippen LogP contribution in [0, 0.1) is 20.8 Å². The van der Waals surface area contributed by atoms with Crippen molar-refractivity contribution in [1.82, 2.24) is 0 Å². The van der Waals surface area contributed by atoms with Crippen LogP contribution in [-0.2, 0) is 14.3 Å². The summed E-state index contributed by atoms with van der Waals surface area (Å²) in [7, 11) is 1.26. The van der Waals surface area contributed by atoms with E-state index < -0.39 is 24.5 Å². The number of nitrogens with one attached hydrogen (secondary N) is 1. The summed E-state index contributed by atoms with van der Waals surface area (Å²) in [6.45, 7) is 4.67. The van der Waals surface area contributed by atoms with Crippen LogP contribution < -0.4 is 5.32 Å². The number of methoxy groups -OCH3 is 1. The Morgan fingerprint density at radius 1 is 1.15 bits per heavy atom. The number of amides is 1. The molecular formula is C18H19NO6S. The first-order chi connectivity index (χ1) is 12.3. The Morgan fingerprint density at radius 2 is 1.85 bits per heavy atom. The van der Waals surface area contributed by atoms with Gasteiger partial charge in [0, 0.05) is 4.88 Å². The Hall–Kier alpha value is -2.87. The number of hydrogen-bond donors (Lipinski definition) is 2. The quantitative estimate of drug-likeness (QED) is 0.777. The first-order valence-corrected chi connectivity index (χ1v) is 8.51. The monoisotopic (exact) mass is 377 g/mol. The first-order valence-electron chi connectivity index (χ1n) is 7.70. The van der Waals surface area contributed by atoms with E-state index in [4.69, 9.17) is 9.47 Å². The number of ether oxygens (including phenoxy) is 2. The fraction of sp³-hybridized carbons (Fsp3) is 0.278. The van der Waals surface area contributed by atoms with Crippen molar-refractivity contribution in [2.45, 2.75) is 20.8 Å². The van der Waals surface area contributed by atoms with Gasteiger partial charge in [-0.3, -0.25) is 4.79 Å². The second kappa shape index (κ2) is 8.01. The molecule has 1 amide bonds. The third-order valence-corrected chi connectivity index (χ3v) is 4.94. The number of benzene rings is 1. The Bertz CT molecular complexity index is 871. The second-order valence-electron chi connectivity index (χ2n) is 5.57. The number of rotatable bonds is 5. The molecule has 0 saturated heterocycles. The van der Waals surface area contributed by atoms with Crippen molar-refractivity contribution in [3.05, 3.63) is 45.3 Å². The van der Waals surface area contributed by atoms with Crippen LogP contribution in [0.2, 0.25) is 0 Å². The molecule has 1 aromatic heterocycles. The fourth-order valence-electron chi connectivity index (χ4n) is 2.26. The van der Waals surface area contributed by atoms with Crippen molar-refractivity contribution in [1.29, 1.82) is 0 Å². The predicted molar refractivity (Wildman–Crippen MR) is 96.9 cm³/mol. The summed E-state index contributed by atoms with van der Waals surface area (Å²) in [4.78, 5) is 36.9. The summed E-state index contributed by atoms with van der Waals surface area (Å²) in [5.74, 6) is -2.15. The van der Waals surface area contributed by atoms with Crippen LogP contribution in [0.5, 0.6) is 5.75 Å². The number of aromatic hydroxyl groups is 1. The van der Waals surface area contributed by atoms with E-state index in [1.807, 2.05) is 6.92 Å². The smallest absolute Gasteiger partial charge is 0.342 e. The van der Waals surface area contributed by atoms with Crippen molar-refractivity contribution in [3.63, 3.8) is 0 Å². The Kier molecular flexibility index (Phi) is 5.99. The lowest BCUT2D eigenvalue weighted by Crippen LogP contribution is -2.21. The second-order valence-corrected chi connectivity index (χ2v) is 6.80. The van der Waals surface area contributed by atoms with Crippen molar-refractivity contribution < 1.29 is 29.0 Å². The SMILES string of the molecule is COC(=O)c1c(NC(=O)COC(=O)c2cccc(C)c2O)sc(C)c1C. The molecule has 0 unspecified atom stereocenters. The molecule has 1 heterocycles. The molecule has 2 N–H and O–H groups in total. The normalized spacial score (nSPS) is 10.3. The minimum atomic E-state index is -0.812. The lowest BCUT2D eigenvalue weighted by Gasteiger charge is -2.09. The molecule has 0 saturated carbocycles. The minimum Gasteiger partial charge on any atom is -0.507 e. The third-order valence-electron chi connectivity index (χ3n) is 3.82. The summed E-state index contributed by atoms with van der Waals surface area (Å²) in [6, 6.07) is 4.66. The highest BCUT2D eigenvalue weighted by atomic mass is 32.1. The number of anilines is 1. The molecule has 0 spiro atoms. The van der Waals surface area contributed by atoms with E-state index >= 15 is 0 Å². The Labute approximate surface area is 154 Å². The zero-order valence-electron chi connectivity index (χ0n) is 14.8. The predicted octanol–water partition coefficient (Wildman–Crippen LogP) is 2.96. The van der Waals surface area contributed by atoms with Crippen LogP contribution in [0.15, 0.2) is 18.2 Å².